The molecule has 2 N–H and O–H groups in total. The molecule has 3 heterocycles. The first kappa shape index (κ1) is 15.5. The maximum absolute atomic E-state index is 12.7. The van der Waals surface area contributed by atoms with Crippen LogP contribution in [-0.4, -0.2) is 40.8 Å². The van der Waals surface area contributed by atoms with Crippen LogP contribution in [0.3, 0.4) is 0 Å². The Labute approximate surface area is 144 Å². The summed E-state index contributed by atoms with van der Waals surface area (Å²) >= 11 is 0. The molecule has 6 nitrogen and oxygen atoms in total. The standard InChI is InChI=1S/C19H19N3O3/c1-12-2-3-16-14(8-12)9-17(21-16)19(24)22-6-4-15(10-22)20-18(23)13-5-7-25-11-13/h2-3,5,7-9,11,15,21H,4,6,10H2,1H3,(H,20,23)/t15-/m1/s1. The topological polar surface area (TPSA) is 78.3 Å². The first-order valence-corrected chi connectivity index (χ1v) is 8.32. The molecule has 6 heteroatoms. The van der Waals surface area contributed by atoms with Crippen LogP contribution >= 0.6 is 0 Å². The lowest BCUT2D eigenvalue weighted by atomic mass is 10.2. The molecule has 1 atom stereocenters. The Morgan fingerprint density at radius 2 is 2.16 bits per heavy atom. The van der Waals surface area contributed by atoms with E-state index in [0.29, 0.717) is 24.3 Å². The Morgan fingerprint density at radius 3 is 2.96 bits per heavy atom. The fraction of sp³-hybridized carbons (Fsp3) is 0.263. The van der Waals surface area contributed by atoms with E-state index in [1.54, 1.807) is 11.0 Å². The molecule has 0 unspecified atom stereocenters. The summed E-state index contributed by atoms with van der Waals surface area (Å²) in [4.78, 5) is 29.8. The Kier molecular flexibility index (Phi) is 3.80. The number of aromatic amines is 1. The number of likely N-dealkylation sites (tertiary alicyclic amines) is 1. The van der Waals surface area contributed by atoms with Crippen LogP contribution in [0.4, 0.5) is 0 Å². The van der Waals surface area contributed by atoms with Gasteiger partial charge in [0.05, 0.1) is 11.8 Å². The number of nitrogens with zero attached hydrogens (tertiary/aromatic N) is 1. The zero-order chi connectivity index (χ0) is 17.4. The molecule has 1 saturated heterocycles. The summed E-state index contributed by atoms with van der Waals surface area (Å²) in [6.45, 7) is 3.17. The van der Waals surface area contributed by atoms with E-state index in [0.717, 1.165) is 22.9 Å². The molecular formula is C19H19N3O3. The molecule has 1 fully saturated rings. The number of hydrogen-bond donors (Lipinski definition) is 2. The van der Waals surface area contributed by atoms with Gasteiger partial charge in [-0.1, -0.05) is 11.6 Å². The lowest BCUT2D eigenvalue weighted by molar-refractivity contribution is 0.0778. The van der Waals surface area contributed by atoms with Crippen molar-refractivity contribution in [3.05, 3.63) is 59.7 Å². The van der Waals surface area contributed by atoms with Crippen LogP contribution < -0.4 is 5.32 Å². The number of carbonyl (C=O) groups excluding carboxylic acids is 2. The molecule has 2 amide bonds. The lowest BCUT2D eigenvalue weighted by Gasteiger charge is -2.16. The highest BCUT2D eigenvalue weighted by atomic mass is 16.3. The van der Waals surface area contributed by atoms with Crippen molar-refractivity contribution >= 4 is 22.7 Å². The molecule has 0 spiro atoms. The van der Waals surface area contributed by atoms with Crippen molar-refractivity contribution in [3.8, 4) is 0 Å². The van der Waals surface area contributed by atoms with E-state index in [4.69, 9.17) is 4.42 Å². The Balaban J connectivity index is 1.43. The monoisotopic (exact) mass is 337 g/mol. The van der Waals surface area contributed by atoms with Gasteiger partial charge in [-0.15, -0.1) is 0 Å². The third-order valence-corrected chi connectivity index (χ3v) is 4.60. The molecule has 0 radical (unpaired) electrons. The maximum Gasteiger partial charge on any atom is 0.270 e. The molecule has 1 aliphatic heterocycles. The van der Waals surface area contributed by atoms with Crippen molar-refractivity contribution in [2.75, 3.05) is 13.1 Å². The third-order valence-electron chi connectivity index (χ3n) is 4.60. The van der Waals surface area contributed by atoms with Crippen molar-refractivity contribution in [2.45, 2.75) is 19.4 Å². The summed E-state index contributed by atoms with van der Waals surface area (Å²) in [6.07, 6.45) is 3.63. The van der Waals surface area contributed by atoms with E-state index >= 15 is 0 Å². The van der Waals surface area contributed by atoms with Gasteiger partial charge in [0.15, 0.2) is 0 Å². The van der Waals surface area contributed by atoms with E-state index in [1.807, 2.05) is 25.1 Å². The number of rotatable bonds is 3. The van der Waals surface area contributed by atoms with Gasteiger partial charge < -0.3 is 19.6 Å². The fourth-order valence-electron chi connectivity index (χ4n) is 3.26. The van der Waals surface area contributed by atoms with Crippen molar-refractivity contribution in [3.63, 3.8) is 0 Å². The average molecular weight is 337 g/mol. The predicted molar refractivity (Wildman–Crippen MR) is 93.5 cm³/mol. The second-order valence-electron chi connectivity index (χ2n) is 6.50. The van der Waals surface area contributed by atoms with E-state index in [2.05, 4.69) is 16.4 Å². The summed E-state index contributed by atoms with van der Waals surface area (Å²) in [5.74, 6) is -0.206. The SMILES string of the molecule is Cc1ccc2[nH]c(C(=O)N3CC[C@@H](NC(=O)c4ccoc4)C3)cc2c1. The van der Waals surface area contributed by atoms with Gasteiger partial charge in [0.2, 0.25) is 0 Å². The number of furan rings is 1. The molecule has 1 aliphatic rings. The fourth-order valence-corrected chi connectivity index (χ4v) is 3.26. The highest BCUT2D eigenvalue weighted by Crippen LogP contribution is 2.20. The van der Waals surface area contributed by atoms with Crippen molar-refractivity contribution in [2.24, 2.45) is 0 Å². The van der Waals surface area contributed by atoms with Gasteiger partial charge in [-0.3, -0.25) is 9.59 Å². The van der Waals surface area contributed by atoms with Gasteiger partial charge in [0.25, 0.3) is 11.8 Å². The van der Waals surface area contributed by atoms with Crippen molar-refractivity contribution in [1.82, 2.24) is 15.2 Å². The number of aryl methyl sites for hydroxylation is 1. The molecule has 0 bridgehead atoms. The summed E-state index contributed by atoms with van der Waals surface area (Å²) in [5, 5.41) is 3.98. The normalized spacial score (nSPS) is 17.2. The van der Waals surface area contributed by atoms with Crippen LogP contribution in [0.2, 0.25) is 0 Å². The summed E-state index contributed by atoms with van der Waals surface area (Å²) in [6, 6.07) is 9.53. The molecule has 4 rings (SSSR count). The van der Waals surface area contributed by atoms with E-state index in [9.17, 15) is 9.59 Å². The van der Waals surface area contributed by atoms with Crippen LogP contribution in [0.5, 0.6) is 0 Å². The van der Waals surface area contributed by atoms with E-state index in [1.165, 1.54) is 12.5 Å². The number of hydrogen-bond acceptors (Lipinski definition) is 3. The number of amides is 2. The van der Waals surface area contributed by atoms with Crippen LogP contribution in [0.15, 0.2) is 47.3 Å². The van der Waals surface area contributed by atoms with Crippen LogP contribution in [0.25, 0.3) is 10.9 Å². The second-order valence-corrected chi connectivity index (χ2v) is 6.50. The molecule has 0 aliphatic carbocycles. The van der Waals surface area contributed by atoms with Crippen LogP contribution in [0.1, 0.15) is 32.8 Å². The maximum atomic E-state index is 12.7. The number of benzene rings is 1. The highest BCUT2D eigenvalue weighted by Gasteiger charge is 2.29. The smallest absolute Gasteiger partial charge is 0.270 e. The van der Waals surface area contributed by atoms with Gasteiger partial charge in [0.1, 0.15) is 12.0 Å². The van der Waals surface area contributed by atoms with E-state index in [-0.39, 0.29) is 17.9 Å². The van der Waals surface area contributed by atoms with Crippen LogP contribution in [0, 0.1) is 6.92 Å². The number of carbonyl (C=O) groups is 2. The Bertz CT molecular complexity index is 927. The minimum atomic E-state index is -0.172. The minimum Gasteiger partial charge on any atom is -0.472 e. The van der Waals surface area contributed by atoms with Crippen LogP contribution in [-0.2, 0) is 0 Å². The van der Waals surface area contributed by atoms with Gasteiger partial charge in [-0.05, 0) is 37.6 Å². The zero-order valence-electron chi connectivity index (χ0n) is 13.9. The molecule has 2 aromatic heterocycles. The number of H-pyrrole nitrogens is 1. The largest absolute Gasteiger partial charge is 0.472 e. The van der Waals surface area contributed by atoms with Gasteiger partial charge in [0, 0.05) is 30.0 Å². The number of fused-ring (bicyclic) bond motifs is 1. The first-order chi connectivity index (χ1) is 12.1. The Morgan fingerprint density at radius 1 is 1.28 bits per heavy atom. The molecule has 25 heavy (non-hydrogen) atoms. The van der Waals surface area contributed by atoms with Crippen molar-refractivity contribution in [1.29, 1.82) is 0 Å². The summed E-state index contributed by atoms with van der Waals surface area (Å²) in [5.41, 5.74) is 3.20. The first-order valence-electron chi connectivity index (χ1n) is 8.32. The number of aromatic nitrogens is 1. The minimum absolute atomic E-state index is 0.0334. The van der Waals surface area contributed by atoms with Crippen molar-refractivity contribution < 1.29 is 14.0 Å². The van der Waals surface area contributed by atoms with Gasteiger partial charge in [-0.25, -0.2) is 0 Å². The molecule has 0 saturated carbocycles. The zero-order valence-corrected chi connectivity index (χ0v) is 13.9. The number of nitrogens with one attached hydrogen (secondary N) is 2. The molecule has 1 aromatic carbocycles. The predicted octanol–water partition coefficient (Wildman–Crippen LogP) is 2.71. The molecular weight excluding hydrogens is 318 g/mol. The molecule has 3 aromatic rings. The van der Waals surface area contributed by atoms with Gasteiger partial charge in [-0.2, -0.15) is 0 Å². The summed E-state index contributed by atoms with van der Waals surface area (Å²) in [7, 11) is 0. The van der Waals surface area contributed by atoms with Gasteiger partial charge >= 0.3 is 0 Å². The summed E-state index contributed by atoms with van der Waals surface area (Å²) < 4.78 is 4.92. The quantitative estimate of drug-likeness (QED) is 0.771. The lowest BCUT2D eigenvalue weighted by Crippen LogP contribution is -2.38. The highest BCUT2D eigenvalue weighted by molar-refractivity contribution is 5.98. The molecule has 128 valence electrons. The average Bonchev–Trinajstić information content (AvgIpc) is 3.33. The Hall–Kier alpha value is -3.02. The third kappa shape index (κ3) is 3.03. The van der Waals surface area contributed by atoms with E-state index < -0.39 is 0 Å². The second kappa shape index (κ2) is 6.12.